The maximum atomic E-state index is 13.3. The average Bonchev–Trinajstić information content (AvgIpc) is 3.10. The fraction of sp³-hybridized carbons (Fsp3) is 0.545. The third-order valence-electron chi connectivity index (χ3n) is 6.14. The minimum Gasteiger partial charge on any atom is -0.493 e. The molecule has 0 atom stereocenters. The molecular formula is C22H32N6O4S. The molecule has 2 aliphatic rings. The average molecular weight is 477 g/mol. The van der Waals surface area contributed by atoms with Crippen LogP contribution in [0.1, 0.15) is 26.0 Å². The Kier molecular flexibility index (Phi) is 6.76. The van der Waals surface area contributed by atoms with E-state index in [1.165, 1.54) is 4.31 Å². The number of aromatic amines is 1. The number of hydrogen-bond acceptors (Lipinski definition) is 8. The van der Waals surface area contributed by atoms with Crippen LogP contribution >= 0.6 is 0 Å². The predicted octanol–water partition coefficient (Wildman–Crippen LogP) is 1.35. The molecule has 4 rings (SSSR count). The summed E-state index contributed by atoms with van der Waals surface area (Å²) in [6.07, 6.45) is 0.948. The van der Waals surface area contributed by atoms with Crippen LogP contribution in [0, 0.1) is 0 Å². The minimum atomic E-state index is -3.68. The highest BCUT2D eigenvalue weighted by atomic mass is 32.2. The second-order valence-corrected chi connectivity index (χ2v) is 10.4. The summed E-state index contributed by atoms with van der Waals surface area (Å²) >= 11 is 0. The number of nitrogens with zero attached hydrogens (tertiary/aromatic N) is 5. The van der Waals surface area contributed by atoms with Crippen LogP contribution in [-0.2, 0) is 16.6 Å². The smallest absolute Gasteiger partial charge is 0.276 e. The van der Waals surface area contributed by atoms with E-state index in [1.54, 1.807) is 18.2 Å². The van der Waals surface area contributed by atoms with Gasteiger partial charge in [0.1, 0.15) is 17.3 Å². The van der Waals surface area contributed by atoms with Crippen LogP contribution in [0.5, 0.6) is 5.75 Å². The monoisotopic (exact) mass is 476 g/mol. The van der Waals surface area contributed by atoms with Crippen molar-refractivity contribution in [3.8, 4) is 17.1 Å². The largest absolute Gasteiger partial charge is 0.493 e. The third kappa shape index (κ3) is 4.50. The standard InChI is InChI=1S/C22H32N6O4S/c1-5-9-27-15-18-20(26(27)4)22(29)24-21(23-18)17-14-16(7-8-19(17)32-6-2)33(30,31)28-12-10-25(3)11-13-28/h7-8,14H,5-6,9-13,15H2,1-4H3,(H,23,24,29). The lowest BCUT2D eigenvalue weighted by molar-refractivity contribution is 0.222. The number of nitrogens with one attached hydrogen (secondary N) is 1. The van der Waals surface area contributed by atoms with Gasteiger partial charge in [-0.25, -0.2) is 18.4 Å². The molecule has 0 bridgehead atoms. The molecule has 0 unspecified atom stereocenters. The van der Waals surface area contributed by atoms with Crippen LogP contribution in [0.4, 0.5) is 5.69 Å². The summed E-state index contributed by atoms with van der Waals surface area (Å²) in [6.45, 7) is 7.93. The van der Waals surface area contributed by atoms with Crippen molar-refractivity contribution in [3.05, 3.63) is 34.2 Å². The third-order valence-corrected chi connectivity index (χ3v) is 8.03. The number of aromatic nitrogens is 2. The lowest BCUT2D eigenvalue weighted by Gasteiger charge is -2.31. The number of piperazine rings is 1. The minimum absolute atomic E-state index is 0.165. The molecule has 0 spiro atoms. The van der Waals surface area contributed by atoms with Crippen LogP contribution in [0.2, 0.25) is 0 Å². The molecule has 2 aromatic rings. The Labute approximate surface area is 194 Å². The van der Waals surface area contributed by atoms with E-state index < -0.39 is 10.0 Å². The van der Waals surface area contributed by atoms with Gasteiger partial charge in [0.25, 0.3) is 5.56 Å². The van der Waals surface area contributed by atoms with Crippen LogP contribution in [0.25, 0.3) is 11.4 Å². The fourth-order valence-electron chi connectivity index (χ4n) is 4.31. The van der Waals surface area contributed by atoms with Crippen LogP contribution in [0.15, 0.2) is 27.9 Å². The molecule has 33 heavy (non-hydrogen) atoms. The molecule has 2 aliphatic heterocycles. The molecule has 11 heteroatoms. The van der Waals surface area contributed by atoms with E-state index in [1.807, 2.05) is 26.0 Å². The fourth-order valence-corrected chi connectivity index (χ4v) is 5.76. The van der Waals surface area contributed by atoms with Gasteiger partial charge >= 0.3 is 0 Å². The summed E-state index contributed by atoms with van der Waals surface area (Å²) in [6, 6.07) is 4.76. The number of hydrogen-bond donors (Lipinski definition) is 1. The second kappa shape index (κ2) is 9.41. The topological polar surface area (TPSA) is 102 Å². The summed E-state index contributed by atoms with van der Waals surface area (Å²) in [7, 11) is 0.155. The Hall–Kier alpha value is -2.47. The van der Waals surface area contributed by atoms with E-state index in [0.717, 1.165) is 13.0 Å². The van der Waals surface area contributed by atoms with Gasteiger partial charge in [-0.05, 0) is 38.6 Å². The van der Waals surface area contributed by atoms with Crippen molar-refractivity contribution >= 4 is 15.7 Å². The Bertz CT molecular complexity index is 1170. The van der Waals surface area contributed by atoms with Gasteiger partial charge in [-0.1, -0.05) is 6.92 Å². The maximum absolute atomic E-state index is 13.3. The molecule has 0 saturated carbocycles. The van der Waals surface area contributed by atoms with E-state index >= 15 is 0 Å². The van der Waals surface area contributed by atoms with Gasteiger partial charge in [0.2, 0.25) is 10.0 Å². The number of ether oxygens (including phenoxy) is 1. The van der Waals surface area contributed by atoms with Gasteiger partial charge in [-0.15, -0.1) is 0 Å². The highest BCUT2D eigenvalue weighted by molar-refractivity contribution is 7.89. The number of H-pyrrole nitrogens is 1. The Balaban J connectivity index is 1.76. The van der Waals surface area contributed by atoms with E-state index in [9.17, 15) is 13.2 Å². The number of hydrazine groups is 1. The number of benzene rings is 1. The van der Waals surface area contributed by atoms with Crippen molar-refractivity contribution in [2.75, 3.05) is 58.4 Å². The van der Waals surface area contributed by atoms with Crippen molar-refractivity contribution < 1.29 is 13.2 Å². The molecular weight excluding hydrogens is 444 g/mol. The summed E-state index contributed by atoms with van der Waals surface area (Å²) in [5.41, 5.74) is 1.39. The van der Waals surface area contributed by atoms with E-state index in [4.69, 9.17) is 9.72 Å². The van der Waals surface area contributed by atoms with Crippen molar-refractivity contribution in [2.45, 2.75) is 31.7 Å². The first kappa shape index (κ1) is 23.7. The van der Waals surface area contributed by atoms with Crippen LogP contribution in [0.3, 0.4) is 0 Å². The molecule has 180 valence electrons. The highest BCUT2D eigenvalue weighted by Gasteiger charge is 2.31. The van der Waals surface area contributed by atoms with Gasteiger partial charge < -0.3 is 19.6 Å². The number of sulfonamides is 1. The van der Waals surface area contributed by atoms with Gasteiger partial charge in [-0.2, -0.15) is 4.31 Å². The molecule has 1 aromatic carbocycles. The molecule has 1 saturated heterocycles. The van der Waals surface area contributed by atoms with Crippen molar-refractivity contribution in [1.82, 2.24) is 24.2 Å². The van der Waals surface area contributed by atoms with E-state index in [0.29, 0.717) is 67.8 Å². The number of likely N-dealkylation sites (N-methyl/N-ethyl adjacent to an activating group) is 1. The Morgan fingerprint density at radius 3 is 2.52 bits per heavy atom. The van der Waals surface area contributed by atoms with Crippen LogP contribution in [-0.4, -0.2) is 86.0 Å². The second-order valence-electron chi connectivity index (χ2n) is 8.42. The van der Waals surface area contributed by atoms with Gasteiger partial charge in [0, 0.05) is 39.8 Å². The summed E-state index contributed by atoms with van der Waals surface area (Å²) < 4.78 is 33.9. The number of fused-ring (bicyclic) bond motifs is 1. The van der Waals surface area contributed by atoms with Gasteiger partial charge in [0.15, 0.2) is 0 Å². The summed E-state index contributed by atoms with van der Waals surface area (Å²) in [5.74, 6) is 0.791. The Morgan fingerprint density at radius 2 is 1.85 bits per heavy atom. The first-order chi connectivity index (χ1) is 15.8. The lowest BCUT2D eigenvalue weighted by Crippen LogP contribution is -2.47. The van der Waals surface area contributed by atoms with Crippen LogP contribution < -0.4 is 15.3 Å². The molecule has 0 radical (unpaired) electrons. The maximum Gasteiger partial charge on any atom is 0.276 e. The highest BCUT2D eigenvalue weighted by Crippen LogP contribution is 2.33. The van der Waals surface area contributed by atoms with Crippen molar-refractivity contribution in [3.63, 3.8) is 0 Å². The van der Waals surface area contributed by atoms with E-state index in [-0.39, 0.29) is 10.5 Å². The molecule has 0 amide bonds. The molecule has 1 fully saturated rings. The molecule has 10 nitrogen and oxygen atoms in total. The van der Waals surface area contributed by atoms with Crippen molar-refractivity contribution in [2.24, 2.45) is 0 Å². The molecule has 1 N–H and O–H groups in total. The first-order valence-corrected chi connectivity index (χ1v) is 12.8. The summed E-state index contributed by atoms with van der Waals surface area (Å²) in [4.78, 5) is 22.8. The molecule has 1 aromatic heterocycles. The van der Waals surface area contributed by atoms with E-state index in [2.05, 4.69) is 21.8 Å². The molecule has 0 aliphatic carbocycles. The number of anilines is 1. The molecule has 3 heterocycles. The Morgan fingerprint density at radius 1 is 1.12 bits per heavy atom. The van der Waals surface area contributed by atoms with Crippen molar-refractivity contribution in [1.29, 1.82) is 0 Å². The summed E-state index contributed by atoms with van der Waals surface area (Å²) in [5, 5.41) is 3.90. The zero-order valence-electron chi connectivity index (χ0n) is 19.7. The number of rotatable bonds is 7. The predicted molar refractivity (Wildman–Crippen MR) is 127 cm³/mol. The van der Waals surface area contributed by atoms with Gasteiger partial charge in [0.05, 0.1) is 29.3 Å². The SMILES string of the molecule is CCCN1Cc2nc(-c3cc(S(=O)(=O)N4CCN(C)CC4)ccc3OCC)[nH]c(=O)c2N1C. The first-order valence-electron chi connectivity index (χ1n) is 11.3. The lowest BCUT2D eigenvalue weighted by atomic mass is 10.1. The normalized spacial score (nSPS) is 18.0. The van der Waals surface area contributed by atoms with Gasteiger partial charge in [-0.3, -0.25) is 4.79 Å². The zero-order chi connectivity index (χ0) is 23.8. The quantitative estimate of drug-likeness (QED) is 0.639. The zero-order valence-corrected chi connectivity index (χ0v) is 20.5.